The minimum atomic E-state index is -1.20. The van der Waals surface area contributed by atoms with Gasteiger partial charge in [-0.1, -0.05) is 23.4 Å². The largest absolute Gasteiger partial charge is 0.476 e. The molecule has 0 aliphatic carbocycles. The van der Waals surface area contributed by atoms with Crippen molar-refractivity contribution in [1.29, 1.82) is 0 Å². The summed E-state index contributed by atoms with van der Waals surface area (Å²) in [5.74, 6) is -1.20. The highest BCUT2D eigenvalue weighted by atomic mass is 35.5. The molecule has 1 heterocycles. The minimum Gasteiger partial charge on any atom is -0.476 e. The van der Waals surface area contributed by atoms with Crippen molar-refractivity contribution in [3.8, 4) is 0 Å². The Morgan fingerprint density at radius 2 is 2.10 bits per heavy atom. The van der Waals surface area contributed by atoms with Gasteiger partial charge in [-0.2, -0.15) is 0 Å². The summed E-state index contributed by atoms with van der Waals surface area (Å²) in [7, 11) is 0. The third-order valence-electron chi connectivity index (χ3n) is 2.31. The number of rotatable bonds is 4. The van der Waals surface area contributed by atoms with Gasteiger partial charge in [0.2, 0.25) is 0 Å². The molecule has 0 unspecified atom stereocenters. The van der Waals surface area contributed by atoms with E-state index in [2.05, 4.69) is 4.98 Å². The Bertz CT molecular complexity index is 693. The van der Waals surface area contributed by atoms with Gasteiger partial charge >= 0.3 is 5.97 Å². The second-order valence-electron chi connectivity index (χ2n) is 3.63. The second kappa shape index (κ2) is 5.89. The molecule has 0 spiro atoms. The first-order chi connectivity index (χ1) is 9.49. The molecule has 2 aromatic rings. The van der Waals surface area contributed by atoms with Crippen molar-refractivity contribution in [2.45, 2.75) is 9.79 Å². The first kappa shape index (κ1) is 14.3. The quantitative estimate of drug-likeness (QED) is 0.686. The Morgan fingerprint density at radius 3 is 2.75 bits per heavy atom. The van der Waals surface area contributed by atoms with Gasteiger partial charge in [-0.05, 0) is 24.3 Å². The smallest absolute Gasteiger partial charge is 0.355 e. The molecule has 0 aliphatic rings. The number of pyridine rings is 1. The molecule has 0 aliphatic heterocycles. The summed E-state index contributed by atoms with van der Waals surface area (Å²) in [5.41, 5.74) is -0.300. The first-order valence-corrected chi connectivity index (χ1v) is 6.48. The molecule has 0 saturated carbocycles. The summed E-state index contributed by atoms with van der Waals surface area (Å²) < 4.78 is 0. The molecule has 0 fully saturated rings. The van der Waals surface area contributed by atoms with Crippen LogP contribution in [-0.2, 0) is 0 Å². The minimum absolute atomic E-state index is 0.139. The fourth-order valence-electron chi connectivity index (χ4n) is 1.47. The summed E-state index contributed by atoms with van der Waals surface area (Å²) in [5, 5.41) is 20.3. The lowest BCUT2D eigenvalue weighted by atomic mass is 10.3. The number of aromatic carboxylic acids is 1. The van der Waals surface area contributed by atoms with Crippen LogP contribution in [-0.4, -0.2) is 21.0 Å². The van der Waals surface area contributed by atoms with E-state index in [-0.39, 0.29) is 16.3 Å². The van der Waals surface area contributed by atoms with Crippen LogP contribution < -0.4 is 0 Å². The van der Waals surface area contributed by atoms with Gasteiger partial charge in [0.05, 0.1) is 9.82 Å². The summed E-state index contributed by atoms with van der Waals surface area (Å²) in [6, 6.07) is 7.20. The average molecular weight is 311 g/mol. The van der Waals surface area contributed by atoms with Crippen LogP contribution in [0.3, 0.4) is 0 Å². The van der Waals surface area contributed by atoms with E-state index in [9.17, 15) is 14.9 Å². The number of hydrogen-bond donors (Lipinski definition) is 1. The fourth-order valence-corrected chi connectivity index (χ4v) is 2.76. The Hall–Kier alpha value is -2.12. The van der Waals surface area contributed by atoms with Gasteiger partial charge in [0, 0.05) is 22.2 Å². The van der Waals surface area contributed by atoms with Crippen LogP contribution in [0.4, 0.5) is 5.69 Å². The molecule has 0 radical (unpaired) electrons. The van der Waals surface area contributed by atoms with Gasteiger partial charge in [0.1, 0.15) is 0 Å². The van der Waals surface area contributed by atoms with Gasteiger partial charge in [0.25, 0.3) is 5.69 Å². The Balaban J connectivity index is 2.47. The SMILES string of the molecule is O=C(O)c1ncccc1Sc1cc(Cl)ccc1[N+](=O)[O-]. The van der Waals surface area contributed by atoms with Gasteiger partial charge in [-0.3, -0.25) is 10.1 Å². The van der Waals surface area contributed by atoms with Crippen molar-refractivity contribution in [2.24, 2.45) is 0 Å². The number of carboxylic acids is 1. The van der Waals surface area contributed by atoms with Crippen molar-refractivity contribution in [1.82, 2.24) is 4.98 Å². The average Bonchev–Trinajstić information content (AvgIpc) is 2.38. The number of hydrogen-bond acceptors (Lipinski definition) is 5. The van der Waals surface area contributed by atoms with E-state index in [1.54, 1.807) is 6.07 Å². The molecule has 20 heavy (non-hydrogen) atoms. The zero-order valence-electron chi connectivity index (χ0n) is 9.82. The van der Waals surface area contributed by atoms with Crippen LogP contribution in [0.15, 0.2) is 46.3 Å². The number of aromatic nitrogens is 1. The highest BCUT2D eigenvalue weighted by Crippen LogP contribution is 2.37. The van der Waals surface area contributed by atoms with E-state index in [1.807, 2.05) is 0 Å². The number of nitro benzene ring substituents is 1. The van der Waals surface area contributed by atoms with Crippen molar-refractivity contribution in [3.05, 3.63) is 57.4 Å². The first-order valence-electron chi connectivity index (χ1n) is 5.29. The normalized spacial score (nSPS) is 10.2. The number of nitro groups is 1. The molecule has 0 amide bonds. The van der Waals surface area contributed by atoms with E-state index in [4.69, 9.17) is 16.7 Å². The van der Waals surface area contributed by atoms with E-state index in [0.717, 1.165) is 11.8 Å². The van der Waals surface area contributed by atoms with Crippen molar-refractivity contribution < 1.29 is 14.8 Å². The standard InChI is InChI=1S/C12H7ClN2O4S/c13-7-3-4-8(15(18)19)10(6-7)20-9-2-1-5-14-11(9)12(16)17/h1-6H,(H,16,17). The van der Waals surface area contributed by atoms with Crippen LogP contribution in [0, 0.1) is 10.1 Å². The van der Waals surface area contributed by atoms with Crippen molar-refractivity contribution in [2.75, 3.05) is 0 Å². The Labute approximate surface area is 122 Å². The van der Waals surface area contributed by atoms with E-state index >= 15 is 0 Å². The zero-order chi connectivity index (χ0) is 14.7. The molecule has 2 rings (SSSR count). The third kappa shape index (κ3) is 3.06. The summed E-state index contributed by atoms with van der Waals surface area (Å²) in [4.78, 5) is 25.8. The maximum Gasteiger partial charge on any atom is 0.355 e. The molecule has 0 atom stereocenters. The lowest BCUT2D eigenvalue weighted by molar-refractivity contribution is -0.387. The summed E-state index contributed by atoms with van der Waals surface area (Å²) in [6.07, 6.45) is 1.35. The van der Waals surface area contributed by atoms with Crippen LogP contribution in [0.1, 0.15) is 10.5 Å². The van der Waals surface area contributed by atoms with Gasteiger partial charge in [-0.15, -0.1) is 0 Å². The maximum atomic E-state index is 11.1. The summed E-state index contributed by atoms with van der Waals surface area (Å²) >= 11 is 6.76. The fraction of sp³-hybridized carbons (Fsp3) is 0. The molecular weight excluding hydrogens is 304 g/mol. The maximum absolute atomic E-state index is 11.1. The molecule has 1 aromatic carbocycles. The molecule has 1 N–H and O–H groups in total. The molecule has 0 bridgehead atoms. The van der Waals surface area contributed by atoms with E-state index < -0.39 is 10.9 Å². The number of halogens is 1. The van der Waals surface area contributed by atoms with Crippen LogP contribution in [0.5, 0.6) is 0 Å². The molecule has 6 nitrogen and oxygen atoms in total. The Morgan fingerprint density at radius 1 is 1.35 bits per heavy atom. The van der Waals surface area contributed by atoms with Gasteiger partial charge in [-0.25, -0.2) is 9.78 Å². The molecule has 1 aromatic heterocycles. The monoisotopic (exact) mass is 310 g/mol. The van der Waals surface area contributed by atoms with Crippen LogP contribution in [0.25, 0.3) is 0 Å². The lowest BCUT2D eigenvalue weighted by Crippen LogP contribution is -2.02. The third-order valence-corrected chi connectivity index (χ3v) is 3.64. The predicted molar refractivity (Wildman–Crippen MR) is 73.4 cm³/mol. The molecular formula is C12H7ClN2O4S. The van der Waals surface area contributed by atoms with Crippen LogP contribution >= 0.6 is 23.4 Å². The number of carboxylic acid groups (broad SMARTS) is 1. The highest BCUT2D eigenvalue weighted by molar-refractivity contribution is 7.99. The van der Waals surface area contributed by atoms with Crippen molar-refractivity contribution >= 4 is 35.0 Å². The van der Waals surface area contributed by atoms with Crippen LogP contribution in [0.2, 0.25) is 5.02 Å². The zero-order valence-corrected chi connectivity index (χ0v) is 11.4. The topological polar surface area (TPSA) is 93.3 Å². The molecule has 0 saturated heterocycles. The Kier molecular flexibility index (Phi) is 4.21. The van der Waals surface area contributed by atoms with Gasteiger partial charge in [0.15, 0.2) is 5.69 Å². The van der Waals surface area contributed by atoms with E-state index in [0.29, 0.717) is 9.92 Å². The lowest BCUT2D eigenvalue weighted by Gasteiger charge is -2.05. The summed E-state index contributed by atoms with van der Waals surface area (Å²) in [6.45, 7) is 0. The number of nitrogens with zero attached hydrogens (tertiary/aromatic N) is 2. The molecule has 102 valence electrons. The molecule has 8 heteroatoms. The number of carbonyl (C=O) groups is 1. The second-order valence-corrected chi connectivity index (χ2v) is 5.15. The number of benzene rings is 1. The van der Waals surface area contributed by atoms with Gasteiger partial charge < -0.3 is 5.11 Å². The van der Waals surface area contributed by atoms with E-state index in [1.165, 1.54) is 30.5 Å². The predicted octanol–water partition coefficient (Wildman–Crippen LogP) is 3.49. The highest BCUT2D eigenvalue weighted by Gasteiger charge is 2.19. The van der Waals surface area contributed by atoms with Crippen molar-refractivity contribution in [3.63, 3.8) is 0 Å².